The van der Waals surface area contributed by atoms with Crippen LogP contribution in [-0.4, -0.2) is 45.9 Å². The van der Waals surface area contributed by atoms with Crippen molar-refractivity contribution < 1.29 is 24.1 Å². The van der Waals surface area contributed by atoms with Gasteiger partial charge in [0.25, 0.3) is 5.89 Å². The molecule has 0 aliphatic heterocycles. The number of carbonyl (C=O) groups excluding carboxylic acids is 2. The van der Waals surface area contributed by atoms with E-state index in [9.17, 15) is 19.6 Å². The Morgan fingerprint density at radius 3 is 2.24 bits per heavy atom. The van der Waals surface area contributed by atoms with E-state index in [1.54, 1.807) is 0 Å². The highest BCUT2D eigenvalue weighted by Gasteiger charge is 2.31. The van der Waals surface area contributed by atoms with E-state index in [0.717, 1.165) is 11.1 Å². The Morgan fingerprint density at radius 2 is 1.64 bits per heavy atom. The van der Waals surface area contributed by atoms with Crippen LogP contribution >= 0.6 is 0 Å². The summed E-state index contributed by atoms with van der Waals surface area (Å²) in [5, 5.41) is 24.7. The van der Waals surface area contributed by atoms with Gasteiger partial charge in [-0.05, 0) is 17.9 Å². The SMILES string of the molecule is CC(C)C[C@H](NC(=O)[C@H](Cc1ccccc1)NC(=O)c1ncc(-c2ccccc2)o1)B(O)O. The fourth-order valence-corrected chi connectivity index (χ4v) is 3.44. The summed E-state index contributed by atoms with van der Waals surface area (Å²) in [4.78, 5) is 29.9. The molecule has 172 valence electrons. The largest absolute Gasteiger partial charge is 0.475 e. The summed E-state index contributed by atoms with van der Waals surface area (Å²) in [7, 11) is -1.72. The van der Waals surface area contributed by atoms with Gasteiger partial charge in [0, 0.05) is 12.0 Å². The molecule has 0 saturated carbocycles. The molecule has 0 aliphatic rings. The molecule has 0 saturated heterocycles. The number of benzene rings is 2. The first-order chi connectivity index (χ1) is 15.8. The fourth-order valence-electron chi connectivity index (χ4n) is 3.44. The standard InChI is InChI=1S/C24H28BN3O5/c1-16(2)13-21(25(31)32)28-22(29)19(14-17-9-5-3-6-10-17)27-23(30)24-26-15-20(33-24)18-11-7-4-8-12-18/h3-12,15-16,19,21,31-32H,13-14H2,1-2H3,(H,27,30)(H,28,29)/t19-,21-/m0/s1. The zero-order valence-electron chi connectivity index (χ0n) is 18.6. The normalized spacial score (nSPS) is 12.8. The van der Waals surface area contributed by atoms with Crippen LogP contribution in [0, 0.1) is 5.92 Å². The lowest BCUT2D eigenvalue weighted by Crippen LogP contribution is -2.55. The van der Waals surface area contributed by atoms with Crippen LogP contribution in [0.15, 0.2) is 71.3 Å². The molecule has 2 aromatic carbocycles. The Morgan fingerprint density at radius 1 is 1.00 bits per heavy atom. The van der Waals surface area contributed by atoms with Gasteiger partial charge < -0.3 is 25.1 Å². The van der Waals surface area contributed by atoms with Gasteiger partial charge in [0.2, 0.25) is 5.91 Å². The van der Waals surface area contributed by atoms with Crippen LogP contribution in [0.2, 0.25) is 0 Å². The Kier molecular flexibility index (Phi) is 8.40. The Bertz CT molecular complexity index is 1040. The minimum absolute atomic E-state index is 0.128. The third kappa shape index (κ3) is 7.03. The van der Waals surface area contributed by atoms with E-state index in [0.29, 0.717) is 12.2 Å². The van der Waals surface area contributed by atoms with Crippen LogP contribution in [0.4, 0.5) is 0 Å². The van der Waals surface area contributed by atoms with Crippen molar-refractivity contribution >= 4 is 18.9 Å². The molecule has 0 fully saturated rings. The highest BCUT2D eigenvalue weighted by atomic mass is 16.4. The van der Waals surface area contributed by atoms with Crippen LogP contribution in [0.25, 0.3) is 11.3 Å². The van der Waals surface area contributed by atoms with Crippen LogP contribution < -0.4 is 10.6 Å². The lowest BCUT2D eigenvalue weighted by molar-refractivity contribution is -0.123. The van der Waals surface area contributed by atoms with Gasteiger partial charge in [-0.2, -0.15) is 0 Å². The molecular weight excluding hydrogens is 421 g/mol. The van der Waals surface area contributed by atoms with Crippen molar-refractivity contribution in [3.05, 3.63) is 78.3 Å². The second-order valence-electron chi connectivity index (χ2n) is 8.27. The average Bonchev–Trinajstić information content (AvgIpc) is 3.29. The number of carbonyl (C=O) groups is 2. The lowest BCUT2D eigenvalue weighted by atomic mass is 9.75. The topological polar surface area (TPSA) is 125 Å². The molecule has 1 aromatic heterocycles. The molecule has 8 nitrogen and oxygen atoms in total. The molecule has 0 bridgehead atoms. The molecule has 0 aliphatic carbocycles. The van der Waals surface area contributed by atoms with Gasteiger partial charge in [-0.15, -0.1) is 0 Å². The smallest absolute Gasteiger partial charge is 0.432 e. The summed E-state index contributed by atoms with van der Waals surface area (Å²) < 4.78 is 5.60. The molecule has 2 amide bonds. The summed E-state index contributed by atoms with van der Waals surface area (Å²) in [6.45, 7) is 3.83. The molecule has 33 heavy (non-hydrogen) atoms. The Labute approximate surface area is 193 Å². The van der Waals surface area contributed by atoms with E-state index in [-0.39, 0.29) is 18.2 Å². The van der Waals surface area contributed by atoms with Gasteiger partial charge in [-0.3, -0.25) is 9.59 Å². The lowest BCUT2D eigenvalue weighted by Gasteiger charge is -2.24. The summed E-state index contributed by atoms with van der Waals surface area (Å²) in [6, 6.07) is 17.5. The van der Waals surface area contributed by atoms with Crippen LogP contribution in [0.5, 0.6) is 0 Å². The van der Waals surface area contributed by atoms with Crippen molar-refractivity contribution in [1.29, 1.82) is 0 Å². The molecule has 0 radical (unpaired) electrons. The first-order valence-electron chi connectivity index (χ1n) is 10.9. The van der Waals surface area contributed by atoms with E-state index < -0.39 is 30.9 Å². The van der Waals surface area contributed by atoms with Crippen molar-refractivity contribution in [1.82, 2.24) is 15.6 Å². The van der Waals surface area contributed by atoms with Crippen LogP contribution in [0.1, 0.15) is 36.5 Å². The van der Waals surface area contributed by atoms with Crippen LogP contribution in [0.3, 0.4) is 0 Å². The number of hydrogen-bond acceptors (Lipinski definition) is 6. The second kappa shape index (κ2) is 11.4. The first-order valence-corrected chi connectivity index (χ1v) is 10.9. The van der Waals surface area contributed by atoms with E-state index >= 15 is 0 Å². The molecule has 3 aromatic rings. The van der Waals surface area contributed by atoms with Crippen molar-refractivity contribution in [3.63, 3.8) is 0 Å². The molecule has 1 heterocycles. The maximum Gasteiger partial charge on any atom is 0.475 e. The molecule has 0 spiro atoms. The van der Waals surface area contributed by atoms with Gasteiger partial charge in [-0.1, -0.05) is 74.5 Å². The van der Waals surface area contributed by atoms with Crippen molar-refractivity contribution in [2.75, 3.05) is 0 Å². The second-order valence-corrected chi connectivity index (χ2v) is 8.27. The van der Waals surface area contributed by atoms with E-state index in [1.165, 1.54) is 6.20 Å². The van der Waals surface area contributed by atoms with Crippen molar-refractivity contribution in [3.8, 4) is 11.3 Å². The quantitative estimate of drug-likeness (QED) is 0.352. The Balaban J connectivity index is 1.77. The van der Waals surface area contributed by atoms with Crippen molar-refractivity contribution in [2.24, 2.45) is 5.92 Å². The zero-order chi connectivity index (χ0) is 23.8. The molecular formula is C24H28BN3O5. The molecule has 2 atom stereocenters. The monoisotopic (exact) mass is 449 g/mol. The van der Waals surface area contributed by atoms with Gasteiger partial charge in [0.1, 0.15) is 6.04 Å². The van der Waals surface area contributed by atoms with Gasteiger partial charge in [-0.25, -0.2) is 4.98 Å². The number of hydrogen-bond donors (Lipinski definition) is 4. The molecule has 3 rings (SSSR count). The highest BCUT2D eigenvalue weighted by Crippen LogP contribution is 2.20. The maximum absolute atomic E-state index is 13.0. The number of oxazole rings is 1. The van der Waals surface area contributed by atoms with Gasteiger partial charge >= 0.3 is 13.0 Å². The number of nitrogens with zero attached hydrogens (tertiary/aromatic N) is 1. The molecule has 0 unspecified atom stereocenters. The maximum atomic E-state index is 13.0. The number of rotatable bonds is 10. The minimum atomic E-state index is -1.72. The van der Waals surface area contributed by atoms with E-state index in [1.807, 2.05) is 74.5 Å². The zero-order valence-corrected chi connectivity index (χ0v) is 18.6. The van der Waals surface area contributed by atoms with Gasteiger partial charge in [0.15, 0.2) is 5.76 Å². The first kappa shape index (κ1) is 24.2. The number of amides is 2. The van der Waals surface area contributed by atoms with Gasteiger partial charge in [0.05, 0.1) is 12.1 Å². The predicted octanol–water partition coefficient (Wildman–Crippen LogP) is 2.23. The third-order valence-corrected chi connectivity index (χ3v) is 5.08. The van der Waals surface area contributed by atoms with E-state index in [2.05, 4.69) is 15.6 Å². The van der Waals surface area contributed by atoms with E-state index in [4.69, 9.17) is 4.42 Å². The summed E-state index contributed by atoms with van der Waals surface area (Å²) in [5.74, 6) is -1.63. The highest BCUT2D eigenvalue weighted by molar-refractivity contribution is 6.43. The van der Waals surface area contributed by atoms with Crippen LogP contribution in [-0.2, 0) is 11.2 Å². The third-order valence-electron chi connectivity index (χ3n) is 5.08. The van der Waals surface area contributed by atoms with Crippen molar-refractivity contribution in [2.45, 2.75) is 38.7 Å². The fraction of sp³-hybridized carbons (Fsp3) is 0.292. The predicted molar refractivity (Wildman–Crippen MR) is 125 cm³/mol. The molecule has 4 N–H and O–H groups in total. The summed E-state index contributed by atoms with van der Waals surface area (Å²) >= 11 is 0. The number of nitrogens with one attached hydrogen (secondary N) is 2. The summed E-state index contributed by atoms with van der Waals surface area (Å²) in [6.07, 6.45) is 2.04. The molecule has 9 heteroatoms. The summed E-state index contributed by atoms with van der Waals surface area (Å²) in [5.41, 5.74) is 1.61. The number of aromatic nitrogens is 1. The average molecular weight is 449 g/mol. The Hall–Kier alpha value is -3.43. The minimum Gasteiger partial charge on any atom is -0.432 e.